The molecule has 150 valence electrons. The number of hydrogen-bond acceptors (Lipinski definition) is 4. The molecule has 2 aromatic rings. The highest BCUT2D eigenvalue weighted by atomic mass is 79.9. The fraction of sp³-hybridized carbons (Fsp3) is 0.455. The number of ether oxygens (including phenoxy) is 1. The number of aryl methyl sites for hydroxylation is 1. The third-order valence-corrected chi connectivity index (χ3v) is 6.78. The van der Waals surface area contributed by atoms with Gasteiger partial charge in [0.2, 0.25) is 0 Å². The molecular weight excluding hydrogens is 438 g/mol. The summed E-state index contributed by atoms with van der Waals surface area (Å²) in [6, 6.07) is 5.65. The van der Waals surface area contributed by atoms with Gasteiger partial charge in [-0.15, -0.1) is 11.3 Å². The monoisotopic (exact) mass is 463 g/mol. The molecule has 0 saturated carbocycles. The first-order valence-corrected chi connectivity index (χ1v) is 11.3. The zero-order valence-electron chi connectivity index (χ0n) is 16.8. The minimum atomic E-state index is -0.346. The molecule has 1 heterocycles. The average molecular weight is 464 g/mol. The first-order chi connectivity index (χ1) is 13.2. The Morgan fingerprint density at radius 3 is 2.57 bits per heavy atom. The van der Waals surface area contributed by atoms with Crippen molar-refractivity contribution in [3.05, 3.63) is 49.8 Å². The molecule has 1 aliphatic carbocycles. The van der Waals surface area contributed by atoms with Crippen molar-refractivity contribution >= 4 is 44.1 Å². The topological polar surface area (TPSA) is 55.4 Å². The number of carbonyl (C=O) groups excluding carboxylic acids is 2. The zero-order valence-corrected chi connectivity index (χ0v) is 19.2. The molecule has 6 heteroatoms. The summed E-state index contributed by atoms with van der Waals surface area (Å²) in [7, 11) is 0. The summed E-state index contributed by atoms with van der Waals surface area (Å²) in [5.74, 6) is -0.563. The molecule has 0 aliphatic heterocycles. The molecule has 1 amide bonds. The smallest absolute Gasteiger partial charge is 0.341 e. The second kappa shape index (κ2) is 8.37. The molecule has 0 atom stereocenters. The largest absolute Gasteiger partial charge is 0.462 e. The maximum atomic E-state index is 12.9. The van der Waals surface area contributed by atoms with E-state index in [9.17, 15) is 9.59 Å². The number of anilines is 1. The van der Waals surface area contributed by atoms with Gasteiger partial charge in [0.1, 0.15) is 5.00 Å². The van der Waals surface area contributed by atoms with E-state index in [2.05, 4.69) is 42.0 Å². The number of fused-ring (bicyclic) bond motifs is 1. The quantitative estimate of drug-likeness (QED) is 0.555. The van der Waals surface area contributed by atoms with E-state index in [4.69, 9.17) is 4.74 Å². The summed E-state index contributed by atoms with van der Waals surface area (Å²) < 4.78 is 6.17. The van der Waals surface area contributed by atoms with Crippen molar-refractivity contribution < 1.29 is 14.3 Å². The van der Waals surface area contributed by atoms with Crippen LogP contribution >= 0.6 is 27.3 Å². The lowest BCUT2D eigenvalue weighted by Crippen LogP contribution is -2.17. The van der Waals surface area contributed by atoms with Gasteiger partial charge in [-0.2, -0.15) is 0 Å². The highest BCUT2D eigenvalue weighted by molar-refractivity contribution is 9.10. The minimum Gasteiger partial charge on any atom is -0.462 e. The van der Waals surface area contributed by atoms with Crippen molar-refractivity contribution in [3.63, 3.8) is 0 Å². The molecule has 1 aromatic heterocycles. The second-order valence-corrected chi connectivity index (χ2v) is 9.99. The molecule has 0 radical (unpaired) electrons. The Bertz CT molecular complexity index is 911. The Kier molecular flexibility index (Phi) is 6.30. The zero-order chi connectivity index (χ0) is 20.5. The average Bonchev–Trinajstić information content (AvgIpc) is 2.98. The van der Waals surface area contributed by atoms with Gasteiger partial charge in [0.05, 0.1) is 12.2 Å². The maximum Gasteiger partial charge on any atom is 0.341 e. The normalized spacial score (nSPS) is 13.8. The van der Waals surface area contributed by atoms with Crippen LogP contribution in [0.5, 0.6) is 0 Å². The molecule has 0 unspecified atom stereocenters. The van der Waals surface area contributed by atoms with Crippen LogP contribution in [-0.2, 0) is 23.0 Å². The Morgan fingerprint density at radius 2 is 1.93 bits per heavy atom. The second-order valence-electron chi connectivity index (χ2n) is 8.03. The molecule has 3 rings (SSSR count). The number of carbonyl (C=O) groups is 2. The summed E-state index contributed by atoms with van der Waals surface area (Å²) in [4.78, 5) is 26.6. The summed E-state index contributed by atoms with van der Waals surface area (Å²) in [5.41, 5.74) is 3.27. The van der Waals surface area contributed by atoms with Crippen LogP contribution in [0.4, 0.5) is 5.00 Å². The van der Waals surface area contributed by atoms with E-state index < -0.39 is 0 Å². The number of rotatable bonds is 4. The number of benzene rings is 1. The van der Waals surface area contributed by atoms with Gasteiger partial charge in [-0.05, 0) is 61.3 Å². The van der Waals surface area contributed by atoms with Gasteiger partial charge in [0, 0.05) is 14.9 Å². The lowest BCUT2D eigenvalue weighted by Gasteiger charge is -2.21. The third-order valence-electron chi connectivity index (χ3n) is 4.92. The number of nitrogens with one attached hydrogen (secondary N) is 1. The van der Waals surface area contributed by atoms with Crippen LogP contribution in [0.2, 0.25) is 0 Å². The molecule has 1 aliphatic rings. The third kappa shape index (κ3) is 4.33. The van der Waals surface area contributed by atoms with E-state index in [1.807, 2.05) is 18.2 Å². The summed E-state index contributed by atoms with van der Waals surface area (Å²) in [6.07, 6.45) is 3.99. The van der Waals surface area contributed by atoms with Crippen molar-refractivity contribution in [2.75, 3.05) is 11.9 Å². The first-order valence-electron chi connectivity index (χ1n) is 9.65. The van der Waals surface area contributed by atoms with Crippen LogP contribution in [0.15, 0.2) is 22.7 Å². The van der Waals surface area contributed by atoms with E-state index in [1.54, 1.807) is 6.92 Å². The fourth-order valence-corrected chi connectivity index (χ4v) is 5.76. The predicted molar refractivity (Wildman–Crippen MR) is 118 cm³/mol. The molecule has 28 heavy (non-hydrogen) atoms. The molecule has 0 fully saturated rings. The van der Waals surface area contributed by atoms with Crippen molar-refractivity contribution in [3.8, 4) is 0 Å². The van der Waals surface area contributed by atoms with Crippen molar-refractivity contribution in [2.45, 2.75) is 58.8 Å². The molecule has 0 saturated heterocycles. The van der Waals surface area contributed by atoms with Crippen LogP contribution in [-0.4, -0.2) is 18.5 Å². The first kappa shape index (κ1) is 21.1. The van der Waals surface area contributed by atoms with Crippen molar-refractivity contribution in [2.24, 2.45) is 0 Å². The fourth-order valence-electron chi connectivity index (χ4n) is 3.51. The summed E-state index contributed by atoms with van der Waals surface area (Å²) in [5, 5.41) is 3.57. The Labute approximate surface area is 178 Å². The summed E-state index contributed by atoms with van der Waals surface area (Å²) >= 11 is 5.10. The highest BCUT2D eigenvalue weighted by Gasteiger charge is 2.27. The Morgan fingerprint density at radius 1 is 1.21 bits per heavy atom. The van der Waals surface area contributed by atoms with E-state index >= 15 is 0 Å². The lowest BCUT2D eigenvalue weighted by atomic mass is 9.86. The standard InChI is InChI=1S/C22H26BrNO3S/c1-5-27-21(26)18-14-8-6-7-9-17(14)28-20(18)24-19(25)13-10-11-15(16(23)12-13)22(2,3)4/h10-12H,5-9H2,1-4H3,(H,24,25). The number of thiophene rings is 1. The van der Waals surface area contributed by atoms with E-state index in [1.165, 1.54) is 16.2 Å². The molecule has 1 N–H and O–H groups in total. The molecule has 0 spiro atoms. The van der Waals surface area contributed by atoms with Crippen LogP contribution in [0.25, 0.3) is 0 Å². The van der Waals surface area contributed by atoms with Crippen LogP contribution in [0, 0.1) is 0 Å². The molecular formula is C22H26BrNO3S. The Balaban J connectivity index is 1.91. The van der Waals surface area contributed by atoms with Crippen LogP contribution < -0.4 is 5.32 Å². The van der Waals surface area contributed by atoms with E-state index in [0.29, 0.717) is 22.7 Å². The van der Waals surface area contributed by atoms with Gasteiger partial charge in [0.15, 0.2) is 0 Å². The van der Waals surface area contributed by atoms with E-state index in [0.717, 1.165) is 41.3 Å². The van der Waals surface area contributed by atoms with E-state index in [-0.39, 0.29) is 17.3 Å². The van der Waals surface area contributed by atoms with Gasteiger partial charge >= 0.3 is 5.97 Å². The number of amides is 1. The minimum absolute atomic E-state index is 0.0161. The van der Waals surface area contributed by atoms with Gasteiger partial charge in [-0.3, -0.25) is 4.79 Å². The lowest BCUT2D eigenvalue weighted by molar-refractivity contribution is 0.0526. The maximum absolute atomic E-state index is 12.9. The Hall–Kier alpha value is -1.66. The number of halogens is 1. The molecule has 1 aromatic carbocycles. The van der Waals surface area contributed by atoms with Crippen LogP contribution in [0.3, 0.4) is 0 Å². The van der Waals surface area contributed by atoms with Gasteiger partial charge < -0.3 is 10.1 Å². The molecule has 4 nitrogen and oxygen atoms in total. The van der Waals surface area contributed by atoms with Crippen molar-refractivity contribution in [1.82, 2.24) is 0 Å². The predicted octanol–water partition coefficient (Wildman–Crippen LogP) is 6.12. The van der Waals surface area contributed by atoms with Gasteiger partial charge in [0.25, 0.3) is 5.91 Å². The van der Waals surface area contributed by atoms with Crippen LogP contribution in [0.1, 0.15) is 77.3 Å². The van der Waals surface area contributed by atoms with Gasteiger partial charge in [-0.25, -0.2) is 4.79 Å². The van der Waals surface area contributed by atoms with Crippen molar-refractivity contribution in [1.29, 1.82) is 0 Å². The number of esters is 1. The molecule has 0 bridgehead atoms. The summed E-state index contributed by atoms with van der Waals surface area (Å²) in [6.45, 7) is 8.51. The SMILES string of the molecule is CCOC(=O)c1c(NC(=O)c2ccc(C(C)(C)C)c(Br)c2)sc2c1CCCC2. The van der Waals surface area contributed by atoms with Gasteiger partial charge in [-0.1, -0.05) is 42.8 Å². The highest BCUT2D eigenvalue weighted by Crippen LogP contribution is 2.39. The number of hydrogen-bond donors (Lipinski definition) is 1.